The zero-order valence-electron chi connectivity index (χ0n) is 15.4. The monoisotopic (exact) mass is 382 g/mol. The van der Waals surface area contributed by atoms with E-state index in [9.17, 15) is 9.59 Å². The molecule has 0 aliphatic rings. The Morgan fingerprint density at radius 1 is 0.690 bits per heavy atom. The molecule has 1 aromatic heterocycles. The Labute approximate surface area is 167 Å². The van der Waals surface area contributed by atoms with Gasteiger partial charge in [0, 0.05) is 17.8 Å². The molecule has 0 spiro atoms. The molecule has 0 saturated heterocycles. The summed E-state index contributed by atoms with van der Waals surface area (Å²) < 4.78 is 1.68. The highest BCUT2D eigenvalue weighted by Gasteiger charge is 2.15. The van der Waals surface area contributed by atoms with Crippen LogP contribution in [-0.4, -0.2) is 21.6 Å². The van der Waals surface area contributed by atoms with Crippen LogP contribution in [0.1, 0.15) is 20.7 Å². The Bertz CT molecular complexity index is 1140. The lowest BCUT2D eigenvalue weighted by Crippen LogP contribution is -2.18. The fraction of sp³-hybridized carbons (Fsp3) is 0. The van der Waals surface area contributed by atoms with E-state index in [4.69, 9.17) is 0 Å². The van der Waals surface area contributed by atoms with Crippen molar-refractivity contribution in [3.8, 4) is 5.69 Å². The molecule has 4 aromatic rings. The van der Waals surface area contributed by atoms with Crippen molar-refractivity contribution in [1.82, 2.24) is 9.78 Å². The zero-order valence-corrected chi connectivity index (χ0v) is 15.4. The van der Waals surface area contributed by atoms with E-state index in [1.54, 1.807) is 65.5 Å². The number of nitrogens with zero attached hydrogens (tertiary/aromatic N) is 2. The third kappa shape index (κ3) is 4.22. The van der Waals surface area contributed by atoms with E-state index in [0.29, 0.717) is 22.6 Å². The van der Waals surface area contributed by atoms with Gasteiger partial charge in [-0.05, 0) is 36.4 Å². The van der Waals surface area contributed by atoms with Gasteiger partial charge in [0.25, 0.3) is 11.8 Å². The van der Waals surface area contributed by atoms with Gasteiger partial charge in [-0.1, -0.05) is 48.5 Å². The molecular formula is C23H18N4O2. The maximum absolute atomic E-state index is 12.8. The number of hydrogen-bond acceptors (Lipinski definition) is 3. The van der Waals surface area contributed by atoms with Crippen molar-refractivity contribution in [3.63, 3.8) is 0 Å². The van der Waals surface area contributed by atoms with Gasteiger partial charge in [-0.25, -0.2) is 4.68 Å². The van der Waals surface area contributed by atoms with Crippen LogP contribution in [0.3, 0.4) is 0 Å². The number of para-hydroxylation sites is 2. The Kier molecular flexibility index (Phi) is 5.16. The minimum Gasteiger partial charge on any atom is -0.321 e. The predicted octanol–water partition coefficient (Wildman–Crippen LogP) is 4.38. The molecular weight excluding hydrogens is 364 g/mol. The van der Waals surface area contributed by atoms with Crippen molar-refractivity contribution in [2.75, 3.05) is 10.6 Å². The van der Waals surface area contributed by atoms with Gasteiger partial charge in [0.05, 0.1) is 16.9 Å². The highest BCUT2D eigenvalue weighted by atomic mass is 16.2. The second-order valence-electron chi connectivity index (χ2n) is 6.30. The van der Waals surface area contributed by atoms with Gasteiger partial charge in [-0.15, -0.1) is 0 Å². The third-order valence-corrected chi connectivity index (χ3v) is 4.31. The number of rotatable bonds is 5. The molecule has 0 atom stereocenters. The molecule has 0 radical (unpaired) electrons. The molecule has 29 heavy (non-hydrogen) atoms. The van der Waals surface area contributed by atoms with Crippen LogP contribution < -0.4 is 10.6 Å². The molecule has 142 valence electrons. The number of aromatic nitrogens is 2. The largest absolute Gasteiger partial charge is 0.321 e. The van der Waals surface area contributed by atoms with Crippen LogP contribution in [-0.2, 0) is 0 Å². The number of benzene rings is 3. The van der Waals surface area contributed by atoms with E-state index in [1.165, 1.54) is 0 Å². The fourth-order valence-electron chi connectivity index (χ4n) is 2.87. The van der Waals surface area contributed by atoms with Crippen molar-refractivity contribution < 1.29 is 9.59 Å². The first-order valence-electron chi connectivity index (χ1n) is 9.08. The normalized spacial score (nSPS) is 10.3. The number of amides is 2. The molecule has 0 aliphatic carbocycles. The molecule has 2 amide bonds. The van der Waals surface area contributed by atoms with E-state index in [0.717, 1.165) is 5.69 Å². The highest BCUT2D eigenvalue weighted by molar-refractivity contribution is 6.12. The first-order valence-corrected chi connectivity index (χ1v) is 9.08. The number of anilines is 2. The van der Waals surface area contributed by atoms with Gasteiger partial charge in [-0.3, -0.25) is 9.59 Å². The molecule has 2 N–H and O–H groups in total. The Morgan fingerprint density at radius 2 is 1.34 bits per heavy atom. The highest BCUT2D eigenvalue weighted by Crippen LogP contribution is 2.18. The average Bonchev–Trinajstić information content (AvgIpc) is 3.24. The van der Waals surface area contributed by atoms with Crippen molar-refractivity contribution >= 4 is 23.3 Å². The molecule has 6 nitrogen and oxygen atoms in total. The van der Waals surface area contributed by atoms with E-state index in [1.807, 2.05) is 36.4 Å². The summed E-state index contributed by atoms with van der Waals surface area (Å²) in [6.07, 6.45) is 1.77. The van der Waals surface area contributed by atoms with Crippen LogP contribution in [0.2, 0.25) is 0 Å². The third-order valence-electron chi connectivity index (χ3n) is 4.31. The number of carbonyl (C=O) groups excluding carboxylic acids is 2. The van der Waals surface area contributed by atoms with Crippen LogP contribution in [0.4, 0.5) is 11.5 Å². The molecule has 0 unspecified atom stereocenters. The lowest BCUT2D eigenvalue weighted by atomic mass is 10.1. The van der Waals surface area contributed by atoms with Gasteiger partial charge in [0.1, 0.15) is 0 Å². The maximum Gasteiger partial charge on any atom is 0.258 e. The van der Waals surface area contributed by atoms with Crippen molar-refractivity contribution in [2.45, 2.75) is 0 Å². The minimum atomic E-state index is -0.354. The quantitative estimate of drug-likeness (QED) is 0.538. The van der Waals surface area contributed by atoms with Crippen LogP contribution in [0.25, 0.3) is 5.69 Å². The first-order chi connectivity index (χ1) is 14.2. The van der Waals surface area contributed by atoms with Crippen LogP contribution in [0.5, 0.6) is 0 Å². The lowest BCUT2D eigenvalue weighted by molar-refractivity contribution is 0.102. The van der Waals surface area contributed by atoms with Crippen LogP contribution in [0, 0.1) is 0 Å². The van der Waals surface area contributed by atoms with Gasteiger partial charge in [0.2, 0.25) is 0 Å². The van der Waals surface area contributed by atoms with E-state index in [2.05, 4.69) is 15.7 Å². The lowest BCUT2D eigenvalue weighted by Gasteiger charge is -2.10. The number of hydrogen-bond donors (Lipinski definition) is 2. The van der Waals surface area contributed by atoms with E-state index < -0.39 is 0 Å². The van der Waals surface area contributed by atoms with E-state index >= 15 is 0 Å². The summed E-state index contributed by atoms with van der Waals surface area (Å²) in [6.45, 7) is 0. The minimum absolute atomic E-state index is 0.279. The smallest absolute Gasteiger partial charge is 0.258 e. The number of nitrogens with one attached hydrogen (secondary N) is 2. The van der Waals surface area contributed by atoms with Gasteiger partial charge in [-0.2, -0.15) is 5.10 Å². The summed E-state index contributed by atoms with van der Waals surface area (Å²) in [7, 11) is 0. The summed E-state index contributed by atoms with van der Waals surface area (Å²) >= 11 is 0. The van der Waals surface area contributed by atoms with Gasteiger partial charge >= 0.3 is 0 Å². The molecule has 4 rings (SSSR count). The summed E-state index contributed by atoms with van der Waals surface area (Å²) in [5.41, 5.74) is 2.19. The summed E-state index contributed by atoms with van der Waals surface area (Å²) in [6, 6.07) is 27.0. The van der Waals surface area contributed by atoms with Gasteiger partial charge < -0.3 is 10.6 Å². The molecule has 0 saturated carbocycles. The molecule has 6 heteroatoms. The molecule has 0 aliphatic heterocycles. The fourth-order valence-corrected chi connectivity index (χ4v) is 2.87. The average molecular weight is 382 g/mol. The van der Waals surface area contributed by atoms with Gasteiger partial charge in [0.15, 0.2) is 5.82 Å². The zero-order chi connectivity index (χ0) is 20.1. The molecule has 1 heterocycles. The standard InChI is InChI=1S/C23H18N4O2/c28-22(17-9-3-1-4-10-17)24-20-14-8-7-13-19(20)23(29)25-21-15-16-27(26-21)18-11-5-2-6-12-18/h1-16H,(H,24,28)(H,25,26,29). The maximum atomic E-state index is 12.8. The second kappa shape index (κ2) is 8.22. The topological polar surface area (TPSA) is 76.0 Å². The van der Waals surface area contributed by atoms with Crippen molar-refractivity contribution in [1.29, 1.82) is 0 Å². The van der Waals surface area contributed by atoms with Crippen molar-refractivity contribution in [3.05, 3.63) is 108 Å². The Balaban J connectivity index is 1.51. The number of carbonyl (C=O) groups is 2. The molecule has 0 fully saturated rings. The molecule has 3 aromatic carbocycles. The van der Waals surface area contributed by atoms with Crippen molar-refractivity contribution in [2.24, 2.45) is 0 Å². The first kappa shape index (κ1) is 18.2. The Morgan fingerprint density at radius 3 is 2.10 bits per heavy atom. The van der Waals surface area contributed by atoms with Crippen LogP contribution >= 0.6 is 0 Å². The second-order valence-corrected chi connectivity index (χ2v) is 6.30. The summed E-state index contributed by atoms with van der Waals surface area (Å²) in [5.74, 6) is -0.213. The summed E-state index contributed by atoms with van der Waals surface area (Å²) in [5, 5.41) is 9.96. The Hall–Kier alpha value is -4.19. The molecule has 0 bridgehead atoms. The SMILES string of the molecule is O=C(Nc1ccccc1C(=O)Nc1ccn(-c2ccccc2)n1)c1ccccc1. The predicted molar refractivity (Wildman–Crippen MR) is 112 cm³/mol. The summed E-state index contributed by atoms with van der Waals surface area (Å²) in [4.78, 5) is 25.2. The van der Waals surface area contributed by atoms with E-state index in [-0.39, 0.29) is 11.8 Å². The van der Waals surface area contributed by atoms with Crippen LogP contribution in [0.15, 0.2) is 97.2 Å².